The number of amides is 3. The summed E-state index contributed by atoms with van der Waals surface area (Å²) in [7, 11) is -4.81. The molecule has 3 amide bonds. The van der Waals surface area contributed by atoms with Crippen LogP contribution in [-0.2, 0) is 24.2 Å². The van der Waals surface area contributed by atoms with E-state index in [0.29, 0.717) is 37.5 Å². The maximum Gasteiger partial charge on any atom is 0.418 e. The maximum absolute atomic E-state index is 12.3. The average Bonchev–Trinajstić information content (AvgIpc) is 2.79. The van der Waals surface area contributed by atoms with Crippen molar-refractivity contribution >= 4 is 28.2 Å². The molecule has 0 aromatic heterocycles. The molecule has 12 heteroatoms. The number of rotatable bonds is 5. The number of hydrogen-bond donors (Lipinski definition) is 3. The van der Waals surface area contributed by atoms with Crippen molar-refractivity contribution in [3.8, 4) is 0 Å². The Morgan fingerprint density at radius 1 is 1.31 bits per heavy atom. The van der Waals surface area contributed by atoms with E-state index in [0.717, 1.165) is 12.8 Å². The summed E-state index contributed by atoms with van der Waals surface area (Å²) in [4.78, 5) is 25.7. The third-order valence-electron chi connectivity index (χ3n) is 4.92. The third kappa shape index (κ3) is 4.31. The van der Waals surface area contributed by atoms with Crippen LogP contribution >= 0.6 is 0 Å². The summed E-state index contributed by atoms with van der Waals surface area (Å²) < 4.78 is 40.2. The largest absolute Gasteiger partial charge is 0.418 e. The predicted octanol–water partition coefficient (Wildman–Crippen LogP) is -0.100. The number of hydrogen-bond acceptors (Lipinski definition) is 7. The Bertz CT molecular complexity index is 691. The molecule has 0 aliphatic carbocycles. The van der Waals surface area contributed by atoms with Gasteiger partial charge in [0.1, 0.15) is 5.84 Å². The molecule has 0 aromatic carbocycles. The number of urea groups is 1. The van der Waals surface area contributed by atoms with Crippen LogP contribution in [-0.4, -0.2) is 72.5 Å². The fourth-order valence-electron chi connectivity index (χ4n) is 3.63. The van der Waals surface area contributed by atoms with Crippen molar-refractivity contribution in [1.29, 1.82) is 5.41 Å². The summed E-state index contributed by atoms with van der Waals surface area (Å²) in [5.74, 6) is -0.149. The molecule has 146 valence electrons. The van der Waals surface area contributed by atoms with Crippen molar-refractivity contribution in [1.82, 2.24) is 15.3 Å². The molecule has 0 radical (unpaired) electrons. The molecular formula is C14H22N4O7S. The standard InChI is InChI=1S/C14H22N4O7S/c15-13(16-12(19)7-9-3-5-24-6-4-9)11-2-1-10-8-17(11)14(20)18(10)25-26(21,22)23/h9-11H,1-8H2,(H2,15,16,19)(H,21,22,23)/t10-,11+/m1/s1. The van der Waals surface area contributed by atoms with Gasteiger partial charge < -0.3 is 15.0 Å². The van der Waals surface area contributed by atoms with E-state index >= 15 is 0 Å². The monoisotopic (exact) mass is 390 g/mol. The van der Waals surface area contributed by atoms with Gasteiger partial charge in [-0.2, -0.15) is 13.5 Å². The first-order valence-corrected chi connectivity index (χ1v) is 9.84. The zero-order valence-corrected chi connectivity index (χ0v) is 14.9. The Hall–Kier alpha value is -1.76. The minimum Gasteiger partial charge on any atom is -0.381 e. The molecular weight excluding hydrogens is 368 g/mol. The van der Waals surface area contributed by atoms with Crippen molar-refractivity contribution in [2.45, 2.75) is 44.2 Å². The first-order valence-electron chi connectivity index (χ1n) is 8.47. The van der Waals surface area contributed by atoms with Crippen LogP contribution < -0.4 is 5.32 Å². The molecule has 0 aromatic rings. The van der Waals surface area contributed by atoms with Crippen molar-refractivity contribution < 1.29 is 31.6 Å². The molecule has 2 atom stereocenters. The smallest absolute Gasteiger partial charge is 0.381 e. The molecule has 3 rings (SSSR count). The van der Waals surface area contributed by atoms with Gasteiger partial charge in [-0.15, -0.1) is 4.28 Å². The van der Waals surface area contributed by atoms with Crippen molar-refractivity contribution in [3.05, 3.63) is 0 Å². The molecule has 26 heavy (non-hydrogen) atoms. The van der Waals surface area contributed by atoms with Gasteiger partial charge in [-0.3, -0.25) is 14.8 Å². The van der Waals surface area contributed by atoms with Gasteiger partial charge in [0.05, 0.1) is 12.1 Å². The Labute approximate surface area is 151 Å². The lowest BCUT2D eigenvalue weighted by atomic mass is 9.96. The number of nitrogens with zero attached hydrogens (tertiary/aromatic N) is 2. The van der Waals surface area contributed by atoms with E-state index < -0.39 is 28.5 Å². The molecule has 11 nitrogen and oxygen atoms in total. The number of carbonyl (C=O) groups excluding carboxylic acids is 2. The van der Waals surface area contributed by atoms with Gasteiger partial charge >= 0.3 is 16.4 Å². The fourth-order valence-corrected chi connectivity index (χ4v) is 4.02. The number of ether oxygens (including phenoxy) is 1. The van der Waals surface area contributed by atoms with Gasteiger partial charge in [0.2, 0.25) is 5.91 Å². The van der Waals surface area contributed by atoms with E-state index in [9.17, 15) is 18.0 Å². The zero-order chi connectivity index (χ0) is 18.9. The molecule has 2 bridgehead atoms. The molecule has 3 heterocycles. The zero-order valence-electron chi connectivity index (χ0n) is 14.1. The van der Waals surface area contributed by atoms with Crippen LogP contribution in [0.2, 0.25) is 0 Å². The first kappa shape index (κ1) is 19.0. The van der Waals surface area contributed by atoms with Crippen LogP contribution in [0, 0.1) is 11.3 Å². The lowest BCUT2D eigenvalue weighted by molar-refractivity contribution is -0.121. The lowest BCUT2D eigenvalue weighted by Crippen LogP contribution is -2.51. The predicted molar refractivity (Wildman–Crippen MR) is 87.4 cm³/mol. The molecule has 0 spiro atoms. The van der Waals surface area contributed by atoms with Crippen LogP contribution in [0.3, 0.4) is 0 Å². The lowest BCUT2D eigenvalue weighted by Gasteiger charge is -2.31. The van der Waals surface area contributed by atoms with Gasteiger partial charge in [-0.05, 0) is 31.6 Å². The second kappa shape index (κ2) is 7.47. The van der Waals surface area contributed by atoms with Crippen LogP contribution in [0.5, 0.6) is 0 Å². The van der Waals surface area contributed by atoms with Crippen LogP contribution in [0.1, 0.15) is 32.1 Å². The van der Waals surface area contributed by atoms with E-state index in [4.69, 9.17) is 14.7 Å². The summed E-state index contributed by atoms with van der Waals surface area (Å²) in [6.45, 7) is 1.42. The molecule has 0 unspecified atom stereocenters. The summed E-state index contributed by atoms with van der Waals surface area (Å²) in [5, 5.41) is 11.3. The molecule has 0 saturated carbocycles. The Kier molecular flexibility index (Phi) is 5.46. The highest BCUT2D eigenvalue weighted by Gasteiger charge is 2.48. The number of fused-ring (bicyclic) bond motifs is 2. The number of amidine groups is 1. The Morgan fingerprint density at radius 2 is 2.00 bits per heavy atom. The van der Waals surface area contributed by atoms with Crippen LogP contribution in [0.15, 0.2) is 0 Å². The molecule has 3 aliphatic heterocycles. The van der Waals surface area contributed by atoms with E-state index in [2.05, 4.69) is 9.60 Å². The highest BCUT2D eigenvalue weighted by Crippen LogP contribution is 2.30. The fraction of sp³-hybridized carbons (Fsp3) is 0.786. The number of nitrogens with one attached hydrogen (secondary N) is 2. The Morgan fingerprint density at radius 3 is 2.65 bits per heavy atom. The van der Waals surface area contributed by atoms with Crippen molar-refractivity contribution in [3.63, 3.8) is 0 Å². The molecule has 3 aliphatic rings. The maximum atomic E-state index is 12.3. The highest BCUT2D eigenvalue weighted by molar-refractivity contribution is 7.80. The Balaban J connectivity index is 1.57. The summed E-state index contributed by atoms with van der Waals surface area (Å²) in [5.41, 5.74) is 0. The highest BCUT2D eigenvalue weighted by atomic mass is 32.3. The topological polar surface area (TPSA) is 149 Å². The van der Waals surface area contributed by atoms with E-state index in [1.165, 1.54) is 4.90 Å². The normalized spacial score (nSPS) is 26.9. The van der Waals surface area contributed by atoms with Gasteiger partial charge in [0, 0.05) is 26.2 Å². The minimum absolute atomic E-state index is 0.0948. The minimum atomic E-state index is -4.81. The first-order chi connectivity index (χ1) is 12.2. The number of hydroxylamine groups is 2. The van der Waals surface area contributed by atoms with E-state index in [1.807, 2.05) is 0 Å². The van der Waals surface area contributed by atoms with Crippen molar-refractivity contribution in [2.24, 2.45) is 5.92 Å². The van der Waals surface area contributed by atoms with Crippen LogP contribution in [0.25, 0.3) is 0 Å². The van der Waals surface area contributed by atoms with Gasteiger partial charge in [0.15, 0.2) is 0 Å². The summed E-state index contributed by atoms with van der Waals surface area (Å²) in [6, 6.07) is -1.93. The van der Waals surface area contributed by atoms with Gasteiger partial charge in [-0.25, -0.2) is 4.79 Å². The van der Waals surface area contributed by atoms with E-state index in [-0.39, 0.29) is 24.2 Å². The third-order valence-corrected chi connectivity index (χ3v) is 5.27. The average molecular weight is 390 g/mol. The second-order valence-electron chi connectivity index (χ2n) is 6.73. The molecule has 3 N–H and O–H groups in total. The van der Waals surface area contributed by atoms with Crippen LogP contribution in [0.4, 0.5) is 4.79 Å². The van der Waals surface area contributed by atoms with E-state index in [1.54, 1.807) is 0 Å². The quantitative estimate of drug-likeness (QED) is 0.337. The van der Waals surface area contributed by atoms with Crippen molar-refractivity contribution in [2.75, 3.05) is 19.8 Å². The SMILES string of the molecule is N=C(NC(=O)CC1CCOCC1)[C@@H]1CC[C@@H]2CN1C(=O)N2OS(=O)(=O)O. The summed E-state index contributed by atoms with van der Waals surface area (Å²) in [6.07, 6.45) is 2.68. The second-order valence-corrected chi connectivity index (χ2v) is 7.74. The number of piperidine rings is 1. The molecule has 3 saturated heterocycles. The van der Waals surface area contributed by atoms with Gasteiger partial charge in [0.25, 0.3) is 0 Å². The molecule has 3 fully saturated rings. The number of carbonyl (C=O) groups is 2. The summed E-state index contributed by atoms with van der Waals surface area (Å²) >= 11 is 0. The van der Waals surface area contributed by atoms with Gasteiger partial charge in [-0.1, -0.05) is 0 Å².